The van der Waals surface area contributed by atoms with Crippen molar-refractivity contribution >= 4 is 28.3 Å². The van der Waals surface area contributed by atoms with Gasteiger partial charge in [0.05, 0.1) is 10.4 Å². The zero-order valence-electron chi connectivity index (χ0n) is 18.2. The number of amides is 1. The fourth-order valence-corrected chi connectivity index (χ4v) is 4.78. The summed E-state index contributed by atoms with van der Waals surface area (Å²) in [6, 6.07) is 11.2. The quantitative estimate of drug-likeness (QED) is 0.393. The smallest absolute Gasteiger partial charge is 0.408 e. The molecule has 1 fully saturated rings. The molecule has 1 aromatic carbocycles. The van der Waals surface area contributed by atoms with Crippen LogP contribution in [0.1, 0.15) is 18.7 Å². The summed E-state index contributed by atoms with van der Waals surface area (Å²) in [6.45, 7) is 4.32. The van der Waals surface area contributed by atoms with Crippen molar-refractivity contribution in [1.82, 2.24) is 24.5 Å². The van der Waals surface area contributed by atoms with Crippen LogP contribution in [-0.2, 0) is 17.8 Å². The van der Waals surface area contributed by atoms with Crippen LogP contribution >= 0.6 is 11.3 Å². The Morgan fingerprint density at radius 3 is 2.73 bits per heavy atom. The van der Waals surface area contributed by atoms with Gasteiger partial charge < -0.3 is 13.8 Å². The number of aryl methyl sites for hydroxylation is 2. The summed E-state index contributed by atoms with van der Waals surface area (Å²) in [5, 5.41) is 6.05. The summed E-state index contributed by atoms with van der Waals surface area (Å²) >= 11 is 1.60. The Hall–Kier alpha value is -3.24. The Balaban J connectivity index is 1.05. The molecular weight excluding hydrogens is 442 g/mol. The molecule has 0 N–H and O–H groups in total. The minimum Gasteiger partial charge on any atom is -0.408 e. The van der Waals surface area contributed by atoms with E-state index in [4.69, 9.17) is 8.94 Å². The number of carbonyl (C=O) groups excluding carboxylic acids is 1. The van der Waals surface area contributed by atoms with Gasteiger partial charge in [-0.15, -0.1) is 11.3 Å². The minimum atomic E-state index is -0.419. The number of rotatable bonds is 8. The summed E-state index contributed by atoms with van der Waals surface area (Å²) in [4.78, 5) is 34.5. The lowest BCUT2D eigenvalue weighted by Crippen LogP contribution is -2.49. The normalized spacial score (nSPS) is 14.8. The predicted octanol–water partition coefficient (Wildman–Crippen LogP) is 2.87. The maximum Gasteiger partial charge on any atom is 0.419 e. The Bertz CT molecular complexity index is 1270. The van der Waals surface area contributed by atoms with E-state index in [0.717, 1.165) is 42.9 Å². The van der Waals surface area contributed by atoms with Gasteiger partial charge in [0.2, 0.25) is 17.6 Å². The van der Waals surface area contributed by atoms with Crippen molar-refractivity contribution in [3.63, 3.8) is 0 Å². The second-order valence-corrected chi connectivity index (χ2v) is 9.00. The average molecular weight is 468 g/mol. The van der Waals surface area contributed by atoms with Gasteiger partial charge in [0.1, 0.15) is 0 Å². The van der Waals surface area contributed by atoms with E-state index >= 15 is 0 Å². The molecule has 4 aromatic rings. The van der Waals surface area contributed by atoms with Crippen LogP contribution in [0.15, 0.2) is 55.5 Å². The van der Waals surface area contributed by atoms with Gasteiger partial charge in [-0.25, -0.2) is 4.79 Å². The van der Waals surface area contributed by atoms with Crippen molar-refractivity contribution in [3.8, 4) is 10.7 Å². The molecule has 0 aliphatic carbocycles. The molecule has 1 aliphatic heterocycles. The fraction of sp³-hybridized carbons (Fsp3) is 0.391. The molecule has 10 heteroatoms. The van der Waals surface area contributed by atoms with Gasteiger partial charge in [-0.3, -0.25) is 14.3 Å². The predicted molar refractivity (Wildman–Crippen MR) is 124 cm³/mol. The van der Waals surface area contributed by atoms with Gasteiger partial charge >= 0.3 is 5.76 Å². The molecule has 0 unspecified atom stereocenters. The van der Waals surface area contributed by atoms with E-state index in [2.05, 4.69) is 15.0 Å². The fourth-order valence-electron chi connectivity index (χ4n) is 4.13. The zero-order valence-corrected chi connectivity index (χ0v) is 19.0. The van der Waals surface area contributed by atoms with Gasteiger partial charge in [0, 0.05) is 45.6 Å². The summed E-state index contributed by atoms with van der Waals surface area (Å²) < 4.78 is 12.1. The first-order chi connectivity index (χ1) is 16.2. The van der Waals surface area contributed by atoms with E-state index in [0.29, 0.717) is 36.9 Å². The molecule has 3 aromatic heterocycles. The number of aromatic nitrogens is 3. The number of carbonyl (C=O) groups is 1. The lowest BCUT2D eigenvalue weighted by atomic mass is 10.2. The van der Waals surface area contributed by atoms with Crippen molar-refractivity contribution in [2.45, 2.75) is 25.8 Å². The molecule has 0 spiro atoms. The first-order valence-corrected chi connectivity index (χ1v) is 12.0. The minimum absolute atomic E-state index is 0.0683. The number of hydrogen-bond acceptors (Lipinski definition) is 8. The Morgan fingerprint density at radius 1 is 1.06 bits per heavy atom. The molecule has 9 nitrogen and oxygen atoms in total. The van der Waals surface area contributed by atoms with Crippen molar-refractivity contribution in [2.24, 2.45) is 0 Å². The average Bonchev–Trinajstić information content (AvgIpc) is 3.58. The van der Waals surface area contributed by atoms with Crippen LogP contribution in [0.4, 0.5) is 0 Å². The van der Waals surface area contributed by atoms with Crippen LogP contribution in [0.5, 0.6) is 0 Å². The second kappa shape index (κ2) is 9.72. The number of benzene rings is 1. The molecule has 1 amide bonds. The highest BCUT2D eigenvalue weighted by atomic mass is 32.1. The van der Waals surface area contributed by atoms with Crippen molar-refractivity contribution in [1.29, 1.82) is 0 Å². The van der Waals surface area contributed by atoms with Crippen LogP contribution in [0.3, 0.4) is 0 Å². The standard InChI is InChI=1S/C23H25N5O4S/c29-21(9-11-28-17-5-1-2-6-18(17)31-23(28)30)27-14-12-26(13-15-27)10-3-8-20-24-22(25-32-20)19-7-4-16-33-19/h1-2,4-7,16H,3,8-15H2. The highest BCUT2D eigenvalue weighted by Crippen LogP contribution is 2.21. The molecule has 0 saturated carbocycles. The van der Waals surface area contributed by atoms with E-state index in [-0.39, 0.29) is 12.3 Å². The van der Waals surface area contributed by atoms with Crippen LogP contribution in [0, 0.1) is 0 Å². The number of oxazole rings is 1. The number of thiophene rings is 1. The highest BCUT2D eigenvalue weighted by Gasteiger charge is 2.21. The molecule has 0 bridgehead atoms. The summed E-state index contributed by atoms with van der Waals surface area (Å²) in [5.41, 5.74) is 1.27. The van der Waals surface area contributed by atoms with Crippen LogP contribution in [0.2, 0.25) is 0 Å². The third-order valence-electron chi connectivity index (χ3n) is 5.92. The molecule has 172 valence electrons. The third kappa shape index (κ3) is 4.91. The summed E-state index contributed by atoms with van der Waals surface area (Å²) in [6.07, 6.45) is 1.95. The molecular formula is C23H25N5O4S. The van der Waals surface area contributed by atoms with E-state index in [9.17, 15) is 9.59 Å². The van der Waals surface area contributed by atoms with Crippen LogP contribution in [-0.4, -0.2) is 63.1 Å². The number of nitrogens with zero attached hydrogens (tertiary/aromatic N) is 5. The molecule has 1 saturated heterocycles. The number of fused-ring (bicyclic) bond motifs is 1. The van der Waals surface area contributed by atoms with Gasteiger partial charge in [-0.05, 0) is 36.5 Å². The number of para-hydroxylation sites is 2. The van der Waals surface area contributed by atoms with Gasteiger partial charge in [0.25, 0.3) is 0 Å². The number of hydrogen-bond donors (Lipinski definition) is 0. The van der Waals surface area contributed by atoms with E-state index in [1.165, 1.54) is 4.57 Å². The van der Waals surface area contributed by atoms with Gasteiger partial charge in [0.15, 0.2) is 5.58 Å². The largest absolute Gasteiger partial charge is 0.419 e. The molecule has 33 heavy (non-hydrogen) atoms. The van der Waals surface area contributed by atoms with Crippen molar-refractivity contribution in [2.75, 3.05) is 32.7 Å². The first kappa shape index (κ1) is 21.6. The third-order valence-corrected chi connectivity index (χ3v) is 6.79. The molecule has 4 heterocycles. The highest BCUT2D eigenvalue weighted by molar-refractivity contribution is 7.13. The molecule has 1 aliphatic rings. The summed E-state index contributed by atoms with van der Waals surface area (Å²) in [7, 11) is 0. The van der Waals surface area contributed by atoms with E-state index in [1.807, 2.05) is 40.6 Å². The Labute approximate surface area is 194 Å². The molecule has 5 rings (SSSR count). The zero-order chi connectivity index (χ0) is 22.6. The topological polar surface area (TPSA) is 97.6 Å². The lowest BCUT2D eigenvalue weighted by molar-refractivity contribution is -0.133. The van der Waals surface area contributed by atoms with Gasteiger partial charge in [-0.1, -0.05) is 23.4 Å². The number of piperazine rings is 1. The Morgan fingerprint density at radius 2 is 1.91 bits per heavy atom. The van der Waals surface area contributed by atoms with Crippen LogP contribution < -0.4 is 5.76 Å². The molecule has 0 radical (unpaired) electrons. The molecule has 0 atom stereocenters. The summed E-state index contributed by atoms with van der Waals surface area (Å²) in [5.74, 6) is 0.961. The Kier molecular flexibility index (Phi) is 6.36. The van der Waals surface area contributed by atoms with Crippen molar-refractivity contribution < 1.29 is 13.7 Å². The first-order valence-electron chi connectivity index (χ1n) is 11.1. The van der Waals surface area contributed by atoms with E-state index < -0.39 is 5.76 Å². The SMILES string of the molecule is O=C(CCn1c(=O)oc2ccccc21)N1CCN(CCCc2nc(-c3cccs3)no2)CC1. The van der Waals surface area contributed by atoms with Gasteiger partial charge in [-0.2, -0.15) is 4.98 Å². The van der Waals surface area contributed by atoms with Crippen LogP contribution in [0.25, 0.3) is 21.8 Å². The maximum absolute atomic E-state index is 12.7. The maximum atomic E-state index is 12.7. The lowest BCUT2D eigenvalue weighted by Gasteiger charge is -2.34. The van der Waals surface area contributed by atoms with E-state index in [1.54, 1.807) is 17.4 Å². The second-order valence-electron chi connectivity index (χ2n) is 8.05. The van der Waals surface area contributed by atoms with Crippen molar-refractivity contribution in [3.05, 3.63) is 58.2 Å². The monoisotopic (exact) mass is 467 g/mol.